The molecule has 0 atom stereocenters. The Morgan fingerprint density at radius 1 is 1.09 bits per heavy atom. The number of fused-ring (bicyclic) bond motifs is 4. The lowest BCUT2D eigenvalue weighted by Crippen LogP contribution is -2.47. The number of nitrogens with zero attached hydrogens (tertiary/aromatic N) is 3. The minimum absolute atomic E-state index is 0.257. The summed E-state index contributed by atoms with van der Waals surface area (Å²) in [7, 11) is 2.10. The first-order chi connectivity index (χ1) is 15.9. The minimum Gasteiger partial charge on any atom is -0.478 e. The third-order valence-electron chi connectivity index (χ3n) is 5.90. The van der Waals surface area contributed by atoms with Gasteiger partial charge in [-0.1, -0.05) is 18.2 Å². The smallest absolute Gasteiger partial charge is 0.336 e. The third kappa shape index (κ3) is 3.96. The highest BCUT2D eigenvalue weighted by molar-refractivity contribution is 7.23. The van der Waals surface area contributed by atoms with Crippen LogP contribution in [0.2, 0.25) is 0 Å². The predicted octanol–water partition coefficient (Wildman–Crippen LogP) is 3.84. The van der Waals surface area contributed by atoms with E-state index in [9.17, 15) is 14.7 Å². The Morgan fingerprint density at radius 3 is 2.58 bits per heavy atom. The monoisotopic (exact) mass is 462 g/mol. The molecule has 1 fully saturated rings. The lowest BCUT2D eigenvalue weighted by molar-refractivity contribution is -0.133. The Morgan fingerprint density at radius 2 is 1.85 bits per heavy atom. The highest BCUT2D eigenvalue weighted by Gasteiger charge is 2.28. The number of carboxylic acid groups (broad SMARTS) is 2. The second-order valence-electron chi connectivity index (χ2n) is 8.09. The van der Waals surface area contributed by atoms with E-state index in [0.29, 0.717) is 5.56 Å². The molecule has 33 heavy (non-hydrogen) atoms. The van der Waals surface area contributed by atoms with E-state index in [1.165, 1.54) is 0 Å². The molecule has 1 aromatic heterocycles. The molecule has 1 saturated heterocycles. The van der Waals surface area contributed by atoms with E-state index >= 15 is 0 Å². The number of piperazine rings is 1. The van der Waals surface area contributed by atoms with Crippen LogP contribution in [0.1, 0.15) is 11.1 Å². The van der Waals surface area contributed by atoms with E-state index in [2.05, 4.69) is 22.2 Å². The molecule has 0 saturated carbocycles. The number of benzene rings is 2. The molecule has 0 bridgehead atoms. The molecule has 2 aromatic carbocycles. The number of rotatable bonds is 3. The molecule has 3 N–H and O–H groups in total. The molecule has 3 aromatic rings. The Bertz CT molecular complexity index is 1340. The molecule has 0 radical (unpaired) electrons. The Labute approximate surface area is 194 Å². The van der Waals surface area contributed by atoms with E-state index in [4.69, 9.17) is 10.1 Å². The maximum Gasteiger partial charge on any atom is 0.336 e. The van der Waals surface area contributed by atoms with Gasteiger partial charge in [-0.05, 0) is 36.9 Å². The van der Waals surface area contributed by atoms with Crippen LogP contribution in [0.25, 0.3) is 15.7 Å². The molecular formula is C24H22N4O4S. The van der Waals surface area contributed by atoms with Crippen molar-refractivity contribution in [2.45, 2.75) is 0 Å². The van der Waals surface area contributed by atoms with Gasteiger partial charge >= 0.3 is 11.9 Å². The Kier molecular flexibility index (Phi) is 5.35. The van der Waals surface area contributed by atoms with Crippen molar-refractivity contribution in [3.05, 3.63) is 59.7 Å². The van der Waals surface area contributed by atoms with Crippen molar-refractivity contribution in [3.63, 3.8) is 0 Å². The van der Waals surface area contributed by atoms with Crippen molar-refractivity contribution in [3.8, 4) is 0 Å². The van der Waals surface area contributed by atoms with Crippen LogP contribution in [-0.2, 0) is 9.59 Å². The molecule has 3 heterocycles. The van der Waals surface area contributed by atoms with Crippen LogP contribution in [0.15, 0.2) is 53.5 Å². The molecule has 9 heteroatoms. The molecule has 2 aliphatic rings. The predicted molar refractivity (Wildman–Crippen MR) is 130 cm³/mol. The van der Waals surface area contributed by atoms with E-state index in [0.717, 1.165) is 70.1 Å². The largest absolute Gasteiger partial charge is 0.478 e. The van der Waals surface area contributed by atoms with E-state index < -0.39 is 11.9 Å². The van der Waals surface area contributed by atoms with Gasteiger partial charge in [0.15, 0.2) is 0 Å². The van der Waals surface area contributed by atoms with Gasteiger partial charge in [0.1, 0.15) is 10.8 Å². The lowest BCUT2D eigenvalue weighted by Gasteiger charge is -2.34. The summed E-state index contributed by atoms with van der Waals surface area (Å²) in [5, 5.41) is 24.1. The van der Waals surface area contributed by atoms with E-state index in [1.807, 2.05) is 30.3 Å². The van der Waals surface area contributed by atoms with Crippen LogP contribution < -0.4 is 5.32 Å². The van der Waals surface area contributed by atoms with Crippen LogP contribution in [0, 0.1) is 0 Å². The molecule has 0 spiro atoms. The number of carbonyl (C=O) groups is 2. The van der Waals surface area contributed by atoms with Crippen molar-refractivity contribution in [2.75, 3.05) is 38.5 Å². The van der Waals surface area contributed by atoms with Crippen molar-refractivity contribution in [1.29, 1.82) is 0 Å². The van der Waals surface area contributed by atoms with E-state index in [-0.39, 0.29) is 5.57 Å². The number of aliphatic carboxylic acids is 2. The van der Waals surface area contributed by atoms with Crippen LogP contribution >= 0.6 is 11.3 Å². The Hall–Kier alpha value is -3.69. The average Bonchev–Trinajstić information content (AvgIpc) is 3.05. The number of para-hydroxylation sites is 2. The second kappa shape index (κ2) is 8.34. The van der Waals surface area contributed by atoms with Gasteiger partial charge in [-0.2, -0.15) is 0 Å². The average molecular weight is 463 g/mol. The molecule has 168 valence electrons. The van der Waals surface area contributed by atoms with Gasteiger partial charge in [-0.3, -0.25) is 0 Å². The highest BCUT2D eigenvalue weighted by Crippen LogP contribution is 2.44. The van der Waals surface area contributed by atoms with Crippen LogP contribution in [0.4, 0.5) is 16.4 Å². The van der Waals surface area contributed by atoms with Crippen molar-refractivity contribution < 1.29 is 19.8 Å². The van der Waals surface area contributed by atoms with Gasteiger partial charge in [-0.25, -0.2) is 14.6 Å². The first-order valence-corrected chi connectivity index (χ1v) is 11.4. The number of nitrogens with one attached hydrogen (secondary N) is 1. The summed E-state index contributed by atoms with van der Waals surface area (Å²) < 4.78 is 0.970. The first kappa shape index (κ1) is 21.2. The summed E-state index contributed by atoms with van der Waals surface area (Å²) in [5.74, 6) is -1.73. The van der Waals surface area contributed by atoms with Gasteiger partial charge in [0.05, 0.1) is 22.5 Å². The van der Waals surface area contributed by atoms with Crippen LogP contribution in [0.5, 0.6) is 0 Å². The maximum atomic E-state index is 11.8. The van der Waals surface area contributed by atoms with Crippen molar-refractivity contribution in [2.24, 2.45) is 4.99 Å². The third-order valence-corrected chi connectivity index (χ3v) is 6.99. The SMILES string of the molecule is CN1CCN(C2=Nc3ccccc3Nc3sc4ccc(/C(=C\C(=O)O)C(=O)O)cc4c32)CC1. The van der Waals surface area contributed by atoms with Gasteiger partial charge in [0, 0.05) is 42.3 Å². The van der Waals surface area contributed by atoms with Crippen LogP contribution in [0.3, 0.4) is 0 Å². The van der Waals surface area contributed by atoms with Gasteiger partial charge in [0.2, 0.25) is 0 Å². The number of amidine groups is 1. The fraction of sp³-hybridized carbons (Fsp3) is 0.208. The molecule has 5 rings (SSSR count). The number of anilines is 2. The fourth-order valence-electron chi connectivity index (χ4n) is 4.18. The topological polar surface area (TPSA) is 105 Å². The number of aliphatic imine (C=N–C) groups is 1. The van der Waals surface area contributed by atoms with E-state index in [1.54, 1.807) is 23.5 Å². The molecule has 0 amide bonds. The Balaban J connectivity index is 1.72. The normalized spacial score (nSPS) is 16.5. The van der Waals surface area contributed by atoms with Gasteiger partial charge in [0.25, 0.3) is 0 Å². The molecule has 8 nitrogen and oxygen atoms in total. The highest BCUT2D eigenvalue weighted by atomic mass is 32.1. The fourth-order valence-corrected chi connectivity index (χ4v) is 5.27. The van der Waals surface area contributed by atoms with Crippen molar-refractivity contribution in [1.82, 2.24) is 9.80 Å². The molecular weight excluding hydrogens is 440 g/mol. The minimum atomic E-state index is -1.30. The number of likely N-dealkylation sites (N-methyl/N-ethyl adjacent to an activating group) is 1. The summed E-state index contributed by atoms with van der Waals surface area (Å²) in [6.07, 6.45) is 0.734. The number of carboxylic acids is 2. The standard InChI is InChI=1S/C24H22N4O4S/c1-27-8-10-28(11-9-27)22-21-16-12-14(15(24(31)32)13-20(29)30)6-7-19(16)33-23(21)26-18-5-3-2-4-17(18)25-22/h2-7,12-13,26H,8-11H2,1H3,(H,29,30)(H,31,32)/b15-13+. The summed E-state index contributed by atoms with van der Waals surface area (Å²) in [5.41, 5.74) is 2.75. The van der Waals surface area contributed by atoms with Gasteiger partial charge < -0.3 is 25.3 Å². The molecule has 0 unspecified atom stereocenters. The summed E-state index contributed by atoms with van der Waals surface area (Å²) in [6, 6.07) is 13.1. The summed E-state index contributed by atoms with van der Waals surface area (Å²) >= 11 is 1.58. The van der Waals surface area contributed by atoms with Crippen molar-refractivity contribution >= 4 is 61.1 Å². The molecule has 2 aliphatic heterocycles. The zero-order valence-electron chi connectivity index (χ0n) is 17.9. The lowest BCUT2D eigenvalue weighted by atomic mass is 10.0. The summed E-state index contributed by atoms with van der Waals surface area (Å²) in [6.45, 7) is 3.49. The second-order valence-corrected chi connectivity index (χ2v) is 9.14. The van der Waals surface area contributed by atoms with Crippen LogP contribution in [-0.4, -0.2) is 71.0 Å². The number of hydrogen-bond donors (Lipinski definition) is 3. The molecule has 0 aliphatic carbocycles. The van der Waals surface area contributed by atoms with Gasteiger partial charge in [-0.15, -0.1) is 11.3 Å². The zero-order valence-corrected chi connectivity index (χ0v) is 18.7. The maximum absolute atomic E-state index is 11.8. The number of thiophene rings is 1. The zero-order chi connectivity index (χ0) is 23.1. The quantitative estimate of drug-likeness (QED) is 0.508. The summed E-state index contributed by atoms with van der Waals surface area (Å²) in [4.78, 5) is 32.6. The number of hydrogen-bond acceptors (Lipinski definition) is 7. The first-order valence-electron chi connectivity index (χ1n) is 10.5.